The van der Waals surface area contributed by atoms with Crippen molar-refractivity contribution in [1.82, 2.24) is 10.2 Å². The van der Waals surface area contributed by atoms with Gasteiger partial charge in [-0.3, -0.25) is 4.90 Å². The summed E-state index contributed by atoms with van der Waals surface area (Å²) in [6.45, 7) is 5.18. The van der Waals surface area contributed by atoms with E-state index in [-0.39, 0.29) is 12.1 Å². The molecule has 2 aliphatic heterocycles. The average Bonchev–Trinajstić information content (AvgIpc) is 2.81. The first-order valence-corrected chi connectivity index (χ1v) is 8.12. The molecule has 2 atom stereocenters. The molecular weight excluding hydrogens is 224 g/mol. The highest BCUT2D eigenvalue weighted by atomic mass is 32.2. The number of rotatable bonds is 4. The molecule has 16 heavy (non-hydrogen) atoms. The number of nitrogens with zero attached hydrogens (tertiary/aromatic N) is 1. The van der Waals surface area contributed by atoms with Crippen molar-refractivity contribution in [1.29, 1.82) is 0 Å². The summed E-state index contributed by atoms with van der Waals surface area (Å²) >= 11 is 0. The van der Waals surface area contributed by atoms with Crippen LogP contribution in [0.3, 0.4) is 0 Å². The van der Waals surface area contributed by atoms with Gasteiger partial charge in [-0.15, -0.1) is 0 Å². The van der Waals surface area contributed by atoms with E-state index in [0.717, 1.165) is 26.1 Å². The van der Waals surface area contributed by atoms with Gasteiger partial charge >= 0.3 is 0 Å². The van der Waals surface area contributed by atoms with Crippen LogP contribution in [0.5, 0.6) is 0 Å². The van der Waals surface area contributed by atoms with Crippen molar-refractivity contribution in [3.63, 3.8) is 0 Å². The largest absolute Gasteiger partial charge is 0.311 e. The minimum atomic E-state index is -2.82. The lowest BCUT2D eigenvalue weighted by Crippen LogP contribution is -2.48. The Balaban J connectivity index is 2.01. The number of likely N-dealkylation sites (tertiary alicyclic amines) is 1. The van der Waals surface area contributed by atoms with Crippen molar-refractivity contribution in [3.05, 3.63) is 0 Å². The van der Waals surface area contributed by atoms with E-state index in [2.05, 4.69) is 17.1 Å². The molecule has 2 heterocycles. The first kappa shape index (κ1) is 12.3. The van der Waals surface area contributed by atoms with E-state index >= 15 is 0 Å². The molecule has 0 unspecified atom stereocenters. The van der Waals surface area contributed by atoms with Gasteiger partial charge in [-0.1, -0.05) is 6.92 Å². The maximum absolute atomic E-state index is 11.7. The van der Waals surface area contributed by atoms with Gasteiger partial charge in [0.15, 0.2) is 9.84 Å². The van der Waals surface area contributed by atoms with Crippen LogP contribution in [0, 0.1) is 0 Å². The molecule has 5 heteroatoms. The van der Waals surface area contributed by atoms with Crippen LogP contribution in [0.4, 0.5) is 0 Å². The predicted octanol–water partition coefficient (Wildman–Crippen LogP) is 0.247. The van der Waals surface area contributed by atoms with Crippen molar-refractivity contribution in [3.8, 4) is 0 Å². The van der Waals surface area contributed by atoms with Crippen molar-refractivity contribution < 1.29 is 8.42 Å². The summed E-state index contributed by atoms with van der Waals surface area (Å²) in [4.78, 5) is 2.36. The third-order valence-electron chi connectivity index (χ3n) is 3.59. The summed E-state index contributed by atoms with van der Waals surface area (Å²) in [5.41, 5.74) is 0. The smallest absolute Gasteiger partial charge is 0.153 e. The number of nitrogens with one attached hydrogen (secondary N) is 1. The van der Waals surface area contributed by atoms with Gasteiger partial charge < -0.3 is 5.32 Å². The van der Waals surface area contributed by atoms with Crippen molar-refractivity contribution in [2.45, 2.75) is 38.3 Å². The molecule has 0 bridgehead atoms. The highest BCUT2D eigenvalue weighted by Crippen LogP contribution is 2.22. The zero-order valence-electron chi connectivity index (χ0n) is 9.98. The SMILES string of the molecule is CCCN[C@H]1CS(=O)(=O)C[C@H]1N1CCCC1. The first-order chi connectivity index (χ1) is 7.62. The Hall–Kier alpha value is -0.130. The Labute approximate surface area is 98.3 Å². The molecule has 0 aliphatic carbocycles. The Morgan fingerprint density at radius 1 is 1.25 bits per heavy atom. The summed E-state index contributed by atoms with van der Waals surface area (Å²) in [7, 11) is -2.82. The number of hydrogen-bond donors (Lipinski definition) is 1. The second-order valence-electron chi connectivity index (χ2n) is 4.95. The quantitative estimate of drug-likeness (QED) is 0.772. The summed E-state index contributed by atoms with van der Waals surface area (Å²) in [5, 5.41) is 3.39. The summed E-state index contributed by atoms with van der Waals surface area (Å²) in [5.74, 6) is 0.683. The molecule has 0 spiro atoms. The lowest BCUT2D eigenvalue weighted by molar-refractivity contribution is 0.227. The monoisotopic (exact) mass is 246 g/mol. The molecule has 1 N–H and O–H groups in total. The van der Waals surface area contributed by atoms with Crippen molar-refractivity contribution >= 4 is 9.84 Å². The molecule has 2 fully saturated rings. The zero-order chi connectivity index (χ0) is 11.6. The van der Waals surface area contributed by atoms with Crippen LogP contribution in [0.25, 0.3) is 0 Å². The third-order valence-corrected chi connectivity index (χ3v) is 5.31. The molecule has 2 rings (SSSR count). The summed E-state index contributed by atoms with van der Waals surface area (Å²) in [6, 6.07) is 0.377. The Morgan fingerprint density at radius 2 is 1.94 bits per heavy atom. The number of sulfone groups is 1. The highest BCUT2D eigenvalue weighted by molar-refractivity contribution is 7.91. The fraction of sp³-hybridized carbons (Fsp3) is 1.00. The molecule has 0 aromatic carbocycles. The van der Waals surface area contributed by atoms with Gasteiger partial charge in [0, 0.05) is 12.1 Å². The van der Waals surface area contributed by atoms with Gasteiger partial charge in [0.05, 0.1) is 11.5 Å². The van der Waals surface area contributed by atoms with Crippen LogP contribution in [-0.4, -0.2) is 56.5 Å². The van der Waals surface area contributed by atoms with E-state index in [1.807, 2.05) is 0 Å². The van der Waals surface area contributed by atoms with E-state index in [1.165, 1.54) is 12.8 Å². The summed E-state index contributed by atoms with van der Waals surface area (Å²) < 4.78 is 23.4. The minimum Gasteiger partial charge on any atom is -0.311 e. The third kappa shape index (κ3) is 2.76. The predicted molar refractivity (Wildman–Crippen MR) is 65.3 cm³/mol. The lowest BCUT2D eigenvalue weighted by atomic mass is 10.1. The molecule has 0 aromatic heterocycles. The lowest BCUT2D eigenvalue weighted by Gasteiger charge is -2.28. The Morgan fingerprint density at radius 3 is 2.56 bits per heavy atom. The first-order valence-electron chi connectivity index (χ1n) is 6.30. The number of hydrogen-bond acceptors (Lipinski definition) is 4. The van der Waals surface area contributed by atoms with Crippen LogP contribution < -0.4 is 5.32 Å². The van der Waals surface area contributed by atoms with Crippen LogP contribution in [0.15, 0.2) is 0 Å². The zero-order valence-corrected chi connectivity index (χ0v) is 10.8. The van der Waals surface area contributed by atoms with Crippen LogP contribution >= 0.6 is 0 Å². The normalized spacial score (nSPS) is 34.6. The molecular formula is C11H22N2O2S. The maximum Gasteiger partial charge on any atom is 0.153 e. The molecule has 0 saturated carbocycles. The van der Waals surface area contributed by atoms with Gasteiger partial charge in [-0.05, 0) is 38.9 Å². The Kier molecular flexibility index (Phi) is 3.87. The fourth-order valence-electron chi connectivity index (χ4n) is 2.79. The van der Waals surface area contributed by atoms with E-state index < -0.39 is 9.84 Å². The topological polar surface area (TPSA) is 49.4 Å². The molecule has 2 saturated heterocycles. The molecule has 0 radical (unpaired) electrons. The standard InChI is InChI=1S/C11H22N2O2S/c1-2-5-12-10-8-16(14,15)9-11(10)13-6-3-4-7-13/h10-12H,2-9H2,1H3/t10-,11+/m0/s1. The fourth-order valence-corrected chi connectivity index (χ4v) is 4.77. The van der Waals surface area contributed by atoms with Crippen LogP contribution in [0.1, 0.15) is 26.2 Å². The molecule has 2 aliphatic rings. The van der Waals surface area contributed by atoms with Gasteiger partial charge in [0.2, 0.25) is 0 Å². The summed E-state index contributed by atoms with van der Waals surface area (Å²) in [6.07, 6.45) is 3.50. The van der Waals surface area contributed by atoms with Gasteiger partial charge in [-0.2, -0.15) is 0 Å². The maximum atomic E-state index is 11.7. The van der Waals surface area contributed by atoms with Gasteiger partial charge in [0.1, 0.15) is 0 Å². The van der Waals surface area contributed by atoms with E-state index in [4.69, 9.17) is 0 Å². The Bertz CT molecular complexity index is 323. The van der Waals surface area contributed by atoms with E-state index in [0.29, 0.717) is 11.5 Å². The van der Waals surface area contributed by atoms with Crippen LogP contribution in [0.2, 0.25) is 0 Å². The second kappa shape index (κ2) is 5.02. The van der Waals surface area contributed by atoms with Gasteiger partial charge in [-0.25, -0.2) is 8.42 Å². The van der Waals surface area contributed by atoms with Crippen molar-refractivity contribution in [2.75, 3.05) is 31.1 Å². The average molecular weight is 246 g/mol. The molecule has 0 amide bonds. The van der Waals surface area contributed by atoms with Crippen LogP contribution in [-0.2, 0) is 9.84 Å². The molecule has 4 nitrogen and oxygen atoms in total. The van der Waals surface area contributed by atoms with E-state index in [9.17, 15) is 8.42 Å². The molecule has 0 aromatic rings. The van der Waals surface area contributed by atoms with E-state index in [1.54, 1.807) is 0 Å². The second-order valence-corrected chi connectivity index (χ2v) is 7.10. The molecule has 94 valence electrons. The van der Waals surface area contributed by atoms with Gasteiger partial charge in [0.25, 0.3) is 0 Å². The minimum absolute atomic E-state index is 0.156. The van der Waals surface area contributed by atoms with Crippen molar-refractivity contribution in [2.24, 2.45) is 0 Å². The highest BCUT2D eigenvalue weighted by Gasteiger charge is 2.40.